The SMILES string of the molecule is COc1cc(/C=C/C(=O)Nc2ccc3c(c2)CCC(=O)N3Cc2ccccc2)cc(OC)c1OC. The predicted octanol–water partition coefficient (Wildman–Crippen LogP) is 4.84. The normalized spacial score (nSPS) is 12.9. The number of fused-ring (bicyclic) bond motifs is 1. The highest BCUT2D eigenvalue weighted by Crippen LogP contribution is 2.38. The third-order valence-corrected chi connectivity index (χ3v) is 5.84. The maximum absolute atomic E-state index is 12.6. The number of hydrogen-bond donors (Lipinski definition) is 1. The zero-order valence-electron chi connectivity index (χ0n) is 20.0. The Morgan fingerprint density at radius 2 is 1.66 bits per heavy atom. The second-order valence-corrected chi connectivity index (χ2v) is 8.09. The highest BCUT2D eigenvalue weighted by Gasteiger charge is 2.24. The molecule has 0 saturated heterocycles. The van der Waals surface area contributed by atoms with Gasteiger partial charge in [-0.3, -0.25) is 9.59 Å². The number of nitrogens with one attached hydrogen (secondary N) is 1. The minimum absolute atomic E-state index is 0.103. The Kier molecular flexibility index (Phi) is 7.35. The van der Waals surface area contributed by atoms with Gasteiger partial charge < -0.3 is 24.4 Å². The molecule has 1 aliphatic rings. The molecule has 0 atom stereocenters. The molecule has 0 saturated carbocycles. The molecule has 0 spiro atoms. The summed E-state index contributed by atoms with van der Waals surface area (Å²) in [5, 5.41) is 2.90. The van der Waals surface area contributed by atoms with E-state index >= 15 is 0 Å². The molecule has 3 aromatic rings. The van der Waals surface area contributed by atoms with E-state index < -0.39 is 0 Å². The van der Waals surface area contributed by atoms with Gasteiger partial charge in [0.2, 0.25) is 17.6 Å². The molecule has 0 unspecified atom stereocenters. The van der Waals surface area contributed by atoms with Gasteiger partial charge in [-0.1, -0.05) is 30.3 Å². The van der Waals surface area contributed by atoms with Crippen molar-refractivity contribution >= 4 is 29.3 Å². The Morgan fingerprint density at radius 1 is 0.943 bits per heavy atom. The summed E-state index contributed by atoms with van der Waals surface area (Å²) in [6.45, 7) is 0.524. The van der Waals surface area contributed by atoms with E-state index in [-0.39, 0.29) is 11.8 Å². The quantitative estimate of drug-likeness (QED) is 0.475. The fourth-order valence-electron chi connectivity index (χ4n) is 4.13. The van der Waals surface area contributed by atoms with Gasteiger partial charge in [-0.05, 0) is 59.5 Å². The second-order valence-electron chi connectivity index (χ2n) is 8.09. The van der Waals surface area contributed by atoms with E-state index in [4.69, 9.17) is 14.2 Å². The van der Waals surface area contributed by atoms with E-state index in [0.29, 0.717) is 42.3 Å². The Labute approximate surface area is 204 Å². The molecular weight excluding hydrogens is 444 g/mol. The van der Waals surface area contributed by atoms with Crippen molar-refractivity contribution in [2.24, 2.45) is 0 Å². The van der Waals surface area contributed by atoms with Gasteiger partial charge in [-0.25, -0.2) is 0 Å². The summed E-state index contributed by atoms with van der Waals surface area (Å²) in [5.41, 5.74) is 4.40. The van der Waals surface area contributed by atoms with Crippen LogP contribution in [-0.2, 0) is 22.6 Å². The van der Waals surface area contributed by atoms with Crippen molar-refractivity contribution in [2.75, 3.05) is 31.5 Å². The topological polar surface area (TPSA) is 77.1 Å². The van der Waals surface area contributed by atoms with Gasteiger partial charge in [0.25, 0.3) is 0 Å². The van der Waals surface area contributed by atoms with Gasteiger partial charge in [-0.2, -0.15) is 0 Å². The molecule has 35 heavy (non-hydrogen) atoms. The lowest BCUT2D eigenvalue weighted by Gasteiger charge is -2.30. The van der Waals surface area contributed by atoms with Crippen LogP contribution in [0, 0.1) is 0 Å². The highest BCUT2D eigenvalue weighted by atomic mass is 16.5. The molecular formula is C28H28N2O5. The Bertz CT molecular complexity index is 1230. The molecule has 7 nitrogen and oxygen atoms in total. The number of carbonyl (C=O) groups excluding carboxylic acids is 2. The first kappa shape index (κ1) is 23.9. The van der Waals surface area contributed by atoms with Gasteiger partial charge in [0.1, 0.15) is 0 Å². The summed E-state index contributed by atoms with van der Waals surface area (Å²) in [6, 6.07) is 19.1. The van der Waals surface area contributed by atoms with Crippen LogP contribution in [0.1, 0.15) is 23.1 Å². The molecule has 2 amide bonds. The zero-order valence-corrected chi connectivity index (χ0v) is 20.0. The van der Waals surface area contributed by atoms with Gasteiger partial charge in [0.15, 0.2) is 11.5 Å². The lowest BCUT2D eigenvalue weighted by atomic mass is 9.99. The van der Waals surface area contributed by atoms with E-state index in [1.165, 1.54) is 6.08 Å². The fraction of sp³-hybridized carbons (Fsp3) is 0.214. The van der Waals surface area contributed by atoms with Gasteiger partial charge in [0.05, 0.1) is 27.9 Å². The minimum Gasteiger partial charge on any atom is -0.493 e. The van der Waals surface area contributed by atoms with Crippen LogP contribution in [0.25, 0.3) is 6.08 Å². The number of rotatable bonds is 8. The Morgan fingerprint density at radius 3 is 2.31 bits per heavy atom. The first-order chi connectivity index (χ1) is 17.0. The number of methoxy groups -OCH3 is 3. The van der Waals surface area contributed by atoms with Crippen LogP contribution < -0.4 is 24.4 Å². The molecule has 0 aliphatic carbocycles. The molecule has 0 bridgehead atoms. The number of hydrogen-bond acceptors (Lipinski definition) is 5. The molecule has 180 valence electrons. The van der Waals surface area contributed by atoms with Crippen molar-refractivity contribution in [2.45, 2.75) is 19.4 Å². The summed E-state index contributed by atoms with van der Waals surface area (Å²) in [4.78, 5) is 27.0. The van der Waals surface area contributed by atoms with E-state index in [1.807, 2.05) is 53.4 Å². The van der Waals surface area contributed by atoms with Crippen LogP contribution in [0.15, 0.2) is 66.7 Å². The third kappa shape index (κ3) is 5.46. The maximum Gasteiger partial charge on any atom is 0.248 e. The third-order valence-electron chi connectivity index (χ3n) is 5.84. The van der Waals surface area contributed by atoms with E-state index in [9.17, 15) is 9.59 Å². The van der Waals surface area contributed by atoms with Gasteiger partial charge in [0, 0.05) is 23.9 Å². The van der Waals surface area contributed by atoms with Crippen molar-refractivity contribution in [3.05, 3.63) is 83.4 Å². The monoisotopic (exact) mass is 472 g/mol. The van der Waals surface area contributed by atoms with Gasteiger partial charge >= 0.3 is 0 Å². The van der Waals surface area contributed by atoms with Crippen molar-refractivity contribution in [1.82, 2.24) is 0 Å². The number of benzene rings is 3. The second kappa shape index (κ2) is 10.8. The van der Waals surface area contributed by atoms with Gasteiger partial charge in [-0.15, -0.1) is 0 Å². The summed E-state index contributed by atoms with van der Waals surface area (Å²) < 4.78 is 16.1. The molecule has 0 fully saturated rings. The average molecular weight is 473 g/mol. The Hall–Kier alpha value is -4.26. The lowest BCUT2D eigenvalue weighted by molar-refractivity contribution is -0.119. The standard InChI is InChI=1S/C28H28N2O5/c1-33-24-15-20(16-25(34-2)28(24)35-3)9-13-26(31)29-22-11-12-23-21(17-22)10-14-27(32)30(23)18-19-7-5-4-6-8-19/h4-9,11-13,15-17H,10,14,18H2,1-3H3,(H,29,31)/b13-9+. The molecule has 7 heteroatoms. The maximum atomic E-state index is 12.6. The number of nitrogens with zero attached hydrogens (tertiary/aromatic N) is 1. The van der Waals surface area contributed by atoms with Crippen LogP contribution in [0.5, 0.6) is 17.2 Å². The molecule has 1 aliphatic heterocycles. The highest BCUT2D eigenvalue weighted by molar-refractivity contribution is 6.03. The molecule has 1 N–H and O–H groups in total. The molecule has 3 aromatic carbocycles. The average Bonchev–Trinajstić information content (AvgIpc) is 2.89. The van der Waals surface area contributed by atoms with Crippen LogP contribution in [0.4, 0.5) is 11.4 Å². The first-order valence-electron chi connectivity index (χ1n) is 11.3. The van der Waals surface area contributed by atoms with Crippen LogP contribution in [0.3, 0.4) is 0 Å². The molecule has 0 aromatic heterocycles. The van der Waals surface area contributed by atoms with Crippen molar-refractivity contribution in [3.8, 4) is 17.2 Å². The molecule has 1 heterocycles. The Balaban J connectivity index is 1.48. The summed E-state index contributed by atoms with van der Waals surface area (Å²) in [6.07, 6.45) is 4.21. The molecule has 0 radical (unpaired) electrons. The minimum atomic E-state index is -0.272. The number of amides is 2. The lowest BCUT2D eigenvalue weighted by Crippen LogP contribution is -2.34. The molecule has 4 rings (SSSR count). The zero-order chi connectivity index (χ0) is 24.8. The summed E-state index contributed by atoms with van der Waals surface area (Å²) in [5.74, 6) is 1.34. The summed E-state index contributed by atoms with van der Waals surface area (Å²) >= 11 is 0. The van der Waals surface area contributed by atoms with E-state index in [2.05, 4.69) is 5.32 Å². The number of carbonyl (C=O) groups is 2. The van der Waals surface area contributed by atoms with E-state index in [1.54, 1.807) is 39.5 Å². The fourth-order valence-corrected chi connectivity index (χ4v) is 4.13. The largest absolute Gasteiger partial charge is 0.493 e. The van der Waals surface area contributed by atoms with Crippen LogP contribution in [0.2, 0.25) is 0 Å². The number of anilines is 2. The smallest absolute Gasteiger partial charge is 0.248 e. The number of ether oxygens (including phenoxy) is 3. The van der Waals surface area contributed by atoms with Crippen LogP contribution in [-0.4, -0.2) is 33.1 Å². The van der Waals surface area contributed by atoms with Crippen molar-refractivity contribution in [1.29, 1.82) is 0 Å². The van der Waals surface area contributed by atoms with Crippen molar-refractivity contribution < 1.29 is 23.8 Å². The first-order valence-corrected chi connectivity index (χ1v) is 11.3. The van der Waals surface area contributed by atoms with Crippen LogP contribution >= 0.6 is 0 Å². The van der Waals surface area contributed by atoms with E-state index in [0.717, 1.165) is 22.4 Å². The predicted molar refractivity (Wildman–Crippen MR) is 136 cm³/mol. The van der Waals surface area contributed by atoms with Crippen molar-refractivity contribution in [3.63, 3.8) is 0 Å². The summed E-state index contributed by atoms with van der Waals surface area (Å²) in [7, 11) is 4.63. The number of aryl methyl sites for hydroxylation is 1.